The largest absolute Gasteiger partial charge is 0.396 e. The number of nitrogens with zero attached hydrogens (tertiary/aromatic N) is 1. The Kier molecular flexibility index (Phi) is 3.69. The maximum absolute atomic E-state index is 13.9. The summed E-state index contributed by atoms with van der Waals surface area (Å²) in [4.78, 5) is 1.87. The second-order valence-corrected chi connectivity index (χ2v) is 5.41. The molecule has 1 atom stereocenters. The van der Waals surface area contributed by atoms with Crippen LogP contribution in [0.3, 0.4) is 0 Å². The summed E-state index contributed by atoms with van der Waals surface area (Å²) in [6, 6.07) is 3.24. The van der Waals surface area contributed by atoms with Gasteiger partial charge in [0.15, 0.2) is 0 Å². The lowest BCUT2D eigenvalue weighted by molar-refractivity contribution is -0.0322. The molecule has 4 heteroatoms. The highest BCUT2D eigenvalue weighted by molar-refractivity contribution is 5.25. The van der Waals surface area contributed by atoms with E-state index in [4.69, 9.17) is 0 Å². The molecule has 18 heavy (non-hydrogen) atoms. The van der Waals surface area contributed by atoms with E-state index in [2.05, 4.69) is 0 Å². The minimum atomic E-state index is -0.439. The monoisotopic (exact) mass is 255 g/mol. The normalized spacial score (nSPS) is 19.7. The molecule has 0 spiro atoms. The van der Waals surface area contributed by atoms with Crippen molar-refractivity contribution in [1.82, 2.24) is 4.90 Å². The van der Waals surface area contributed by atoms with Crippen molar-refractivity contribution in [3.05, 3.63) is 35.4 Å². The lowest BCUT2D eigenvalue weighted by Gasteiger charge is -2.49. The zero-order valence-corrected chi connectivity index (χ0v) is 10.8. The van der Waals surface area contributed by atoms with Gasteiger partial charge in [0.1, 0.15) is 11.6 Å². The minimum Gasteiger partial charge on any atom is -0.396 e. The lowest BCUT2D eigenvalue weighted by atomic mass is 9.62. The average molecular weight is 255 g/mol. The van der Waals surface area contributed by atoms with Crippen LogP contribution in [0.15, 0.2) is 18.2 Å². The van der Waals surface area contributed by atoms with E-state index in [1.54, 1.807) is 0 Å². The van der Waals surface area contributed by atoms with Crippen molar-refractivity contribution in [3.63, 3.8) is 0 Å². The number of halogens is 2. The van der Waals surface area contributed by atoms with Crippen LogP contribution in [0.4, 0.5) is 8.78 Å². The van der Waals surface area contributed by atoms with Crippen molar-refractivity contribution in [2.45, 2.75) is 25.3 Å². The zero-order valence-electron chi connectivity index (χ0n) is 10.8. The van der Waals surface area contributed by atoms with E-state index in [-0.39, 0.29) is 18.1 Å². The molecule has 100 valence electrons. The molecule has 1 aliphatic rings. The van der Waals surface area contributed by atoms with Crippen LogP contribution in [-0.2, 0) is 0 Å². The highest BCUT2D eigenvalue weighted by atomic mass is 19.1. The Hall–Kier alpha value is -1.00. The average Bonchev–Trinajstić information content (AvgIpc) is 2.26. The molecule has 0 radical (unpaired) electrons. The van der Waals surface area contributed by atoms with Crippen molar-refractivity contribution in [3.8, 4) is 0 Å². The molecular formula is C14H19F2NO. The summed E-state index contributed by atoms with van der Waals surface area (Å²) in [5.74, 6) is -0.847. The number of rotatable bonds is 4. The molecule has 0 aromatic heterocycles. The molecule has 0 aliphatic heterocycles. The van der Waals surface area contributed by atoms with E-state index in [9.17, 15) is 13.9 Å². The first-order valence-corrected chi connectivity index (χ1v) is 6.22. The fraction of sp³-hybridized carbons (Fsp3) is 0.571. The number of benzene rings is 1. The minimum absolute atomic E-state index is 0.00575. The van der Waals surface area contributed by atoms with Gasteiger partial charge in [0.25, 0.3) is 0 Å². The lowest BCUT2D eigenvalue weighted by Crippen LogP contribution is -2.45. The number of aliphatic hydroxyl groups excluding tert-OH is 1. The molecule has 0 saturated heterocycles. The van der Waals surface area contributed by atoms with Crippen LogP contribution >= 0.6 is 0 Å². The molecule has 1 aromatic rings. The van der Waals surface area contributed by atoms with E-state index < -0.39 is 11.6 Å². The molecule has 0 amide bonds. The van der Waals surface area contributed by atoms with Crippen molar-refractivity contribution in [2.75, 3.05) is 20.7 Å². The molecule has 2 rings (SSSR count). The van der Waals surface area contributed by atoms with Crippen LogP contribution in [0.2, 0.25) is 0 Å². The van der Waals surface area contributed by atoms with Gasteiger partial charge in [0.2, 0.25) is 0 Å². The predicted molar refractivity (Wildman–Crippen MR) is 66.2 cm³/mol. The molecule has 2 nitrogen and oxygen atoms in total. The second-order valence-electron chi connectivity index (χ2n) is 5.41. The third kappa shape index (κ3) is 2.15. The molecule has 1 aromatic carbocycles. The summed E-state index contributed by atoms with van der Waals surface area (Å²) in [5, 5.41) is 9.63. The van der Waals surface area contributed by atoms with Crippen molar-refractivity contribution < 1.29 is 13.9 Å². The Balaban J connectivity index is 2.44. The molecule has 0 heterocycles. The summed E-state index contributed by atoms with van der Waals surface area (Å²) in [5.41, 5.74) is 0.00625. The van der Waals surface area contributed by atoms with Gasteiger partial charge in [-0.15, -0.1) is 0 Å². The Labute approximate surface area is 106 Å². The van der Waals surface area contributed by atoms with Gasteiger partial charge in [-0.3, -0.25) is 0 Å². The third-order valence-electron chi connectivity index (χ3n) is 4.01. The quantitative estimate of drug-likeness (QED) is 0.894. The van der Waals surface area contributed by atoms with Gasteiger partial charge in [-0.1, -0.05) is 6.42 Å². The van der Waals surface area contributed by atoms with Gasteiger partial charge in [-0.2, -0.15) is 0 Å². The number of aliphatic hydroxyl groups is 1. The van der Waals surface area contributed by atoms with Crippen LogP contribution in [0.1, 0.15) is 30.9 Å². The number of hydrogen-bond acceptors (Lipinski definition) is 2. The van der Waals surface area contributed by atoms with E-state index in [1.165, 1.54) is 6.07 Å². The molecule has 1 N–H and O–H groups in total. The predicted octanol–water partition coefficient (Wildman–Crippen LogP) is 2.73. The van der Waals surface area contributed by atoms with E-state index in [1.807, 2.05) is 19.0 Å². The summed E-state index contributed by atoms with van der Waals surface area (Å²) in [6.45, 7) is 0.00575. The fourth-order valence-corrected chi connectivity index (χ4v) is 3.03. The van der Waals surface area contributed by atoms with E-state index >= 15 is 0 Å². The first-order chi connectivity index (χ1) is 8.50. The van der Waals surface area contributed by atoms with Crippen molar-refractivity contribution >= 4 is 0 Å². The molecule has 1 aliphatic carbocycles. The first-order valence-electron chi connectivity index (χ1n) is 6.22. The summed E-state index contributed by atoms with van der Waals surface area (Å²) in [6.07, 6.45) is 2.73. The Bertz CT molecular complexity index is 424. The van der Waals surface area contributed by atoms with Crippen LogP contribution in [0, 0.1) is 17.0 Å². The van der Waals surface area contributed by atoms with Crippen molar-refractivity contribution in [2.24, 2.45) is 5.41 Å². The topological polar surface area (TPSA) is 23.5 Å². The van der Waals surface area contributed by atoms with Gasteiger partial charge in [-0.25, -0.2) is 8.78 Å². The zero-order chi connectivity index (χ0) is 13.3. The first kappa shape index (κ1) is 13.4. The van der Waals surface area contributed by atoms with Crippen LogP contribution < -0.4 is 0 Å². The Morgan fingerprint density at radius 2 is 2.00 bits per heavy atom. The molecule has 0 bridgehead atoms. The fourth-order valence-electron chi connectivity index (χ4n) is 3.03. The van der Waals surface area contributed by atoms with Gasteiger partial charge in [-0.05, 0) is 45.1 Å². The maximum Gasteiger partial charge on any atom is 0.128 e. The van der Waals surface area contributed by atoms with E-state index in [0.717, 1.165) is 31.4 Å². The Morgan fingerprint density at radius 1 is 1.33 bits per heavy atom. The van der Waals surface area contributed by atoms with Gasteiger partial charge >= 0.3 is 0 Å². The van der Waals surface area contributed by atoms with Gasteiger partial charge in [0.05, 0.1) is 6.61 Å². The summed E-state index contributed by atoms with van der Waals surface area (Å²) >= 11 is 0. The molecule has 1 fully saturated rings. The SMILES string of the molecule is CN(C)C(c1cc(F)ccc1F)C1(CO)CCC1. The van der Waals surface area contributed by atoms with E-state index in [0.29, 0.717) is 5.56 Å². The standard InChI is InChI=1S/C14H19F2NO/c1-17(2)13(14(9-18)6-3-7-14)11-8-10(15)4-5-12(11)16/h4-5,8,13,18H,3,6-7,9H2,1-2H3. The van der Waals surface area contributed by atoms with Gasteiger partial charge < -0.3 is 10.0 Å². The third-order valence-corrected chi connectivity index (χ3v) is 4.01. The number of hydrogen-bond donors (Lipinski definition) is 1. The molecule has 1 saturated carbocycles. The highest BCUT2D eigenvalue weighted by Crippen LogP contribution is 2.52. The van der Waals surface area contributed by atoms with Gasteiger partial charge in [0, 0.05) is 17.0 Å². The summed E-state index contributed by atoms with van der Waals surface area (Å²) < 4.78 is 27.3. The van der Waals surface area contributed by atoms with Crippen LogP contribution in [-0.4, -0.2) is 30.7 Å². The maximum atomic E-state index is 13.9. The summed E-state index contributed by atoms with van der Waals surface area (Å²) in [7, 11) is 3.68. The second kappa shape index (κ2) is 4.94. The molecular weight excluding hydrogens is 236 g/mol. The highest BCUT2D eigenvalue weighted by Gasteiger charge is 2.46. The van der Waals surface area contributed by atoms with Crippen LogP contribution in [0.25, 0.3) is 0 Å². The smallest absolute Gasteiger partial charge is 0.128 e. The molecule has 1 unspecified atom stereocenters. The van der Waals surface area contributed by atoms with Crippen molar-refractivity contribution in [1.29, 1.82) is 0 Å². The van der Waals surface area contributed by atoms with Crippen LogP contribution in [0.5, 0.6) is 0 Å². The Morgan fingerprint density at radius 3 is 2.44 bits per heavy atom.